The van der Waals surface area contributed by atoms with Crippen molar-refractivity contribution in [2.75, 3.05) is 19.4 Å². The van der Waals surface area contributed by atoms with E-state index in [1.807, 2.05) is 0 Å². The fourth-order valence-electron chi connectivity index (χ4n) is 2.78. The zero-order valence-corrected chi connectivity index (χ0v) is 16.9. The van der Waals surface area contributed by atoms with Crippen LogP contribution in [-0.4, -0.2) is 31.1 Å². The topological polar surface area (TPSA) is 32.3 Å². The summed E-state index contributed by atoms with van der Waals surface area (Å²) in [6.45, 7) is 1.50. The normalized spacial score (nSPS) is 12.7. The average Bonchev–Trinajstić information content (AvgIpc) is 2.65. The minimum atomic E-state index is -4.71. The number of rotatable bonds is 6. The van der Waals surface area contributed by atoms with E-state index in [1.165, 1.54) is 39.2 Å². The Morgan fingerprint density at radius 2 is 1.61 bits per heavy atom. The molecule has 9 heteroatoms. The van der Waals surface area contributed by atoms with E-state index in [1.54, 1.807) is 0 Å². The van der Waals surface area contributed by atoms with Crippen LogP contribution in [0.2, 0.25) is 0 Å². The third kappa shape index (κ3) is 5.90. The first-order chi connectivity index (χ1) is 14.5. The number of carbonyl (C=O) groups excluding carboxylic acids is 1. The quantitative estimate of drug-likeness (QED) is 0.430. The van der Waals surface area contributed by atoms with E-state index in [0.29, 0.717) is 6.08 Å². The van der Waals surface area contributed by atoms with E-state index in [2.05, 4.69) is 5.32 Å². The van der Waals surface area contributed by atoms with Gasteiger partial charge in [-0.1, -0.05) is 25.1 Å². The van der Waals surface area contributed by atoms with Gasteiger partial charge in [0.15, 0.2) is 0 Å². The summed E-state index contributed by atoms with van der Waals surface area (Å²) in [6, 6.07) is 6.54. The largest absolute Gasteiger partial charge is 0.416 e. The van der Waals surface area contributed by atoms with E-state index in [9.17, 15) is 31.1 Å². The number of carbonyl (C=O) groups is 1. The number of alkyl halides is 3. The summed E-state index contributed by atoms with van der Waals surface area (Å²) >= 11 is 0. The molecule has 166 valence electrons. The van der Waals surface area contributed by atoms with Crippen molar-refractivity contribution in [1.29, 1.82) is 0 Å². The number of halogens is 6. The van der Waals surface area contributed by atoms with Gasteiger partial charge >= 0.3 is 6.18 Å². The van der Waals surface area contributed by atoms with E-state index in [-0.39, 0.29) is 23.4 Å². The molecule has 0 saturated carbocycles. The molecule has 0 aliphatic carbocycles. The van der Waals surface area contributed by atoms with Gasteiger partial charge < -0.3 is 10.2 Å². The highest BCUT2D eigenvalue weighted by Gasteiger charge is 2.33. The first-order valence-corrected chi connectivity index (χ1v) is 9.17. The standard InChI is InChI=1S/C22H20F6N2O/c1-4-7-13(22(26,27)28)10-19(30(2)3)20-17(24)11-14(12-18(20)25)29-21(31)15-8-5-6-9-16(15)23/h5-12H,4H2,1-3H3,(H,29,31)/b13-7-,19-10-. The monoisotopic (exact) mass is 442 g/mol. The second-order valence-electron chi connectivity index (χ2n) is 6.74. The molecule has 0 saturated heterocycles. The van der Waals surface area contributed by atoms with Gasteiger partial charge in [0, 0.05) is 25.5 Å². The number of amides is 1. The Morgan fingerprint density at radius 3 is 2.10 bits per heavy atom. The molecule has 31 heavy (non-hydrogen) atoms. The van der Waals surface area contributed by atoms with Crippen molar-refractivity contribution in [3.8, 4) is 0 Å². The molecule has 0 atom stereocenters. The van der Waals surface area contributed by atoms with Crippen molar-refractivity contribution in [3.05, 3.63) is 82.7 Å². The Kier molecular flexibility index (Phi) is 7.54. The Bertz CT molecular complexity index is 1000. The van der Waals surface area contributed by atoms with Crippen molar-refractivity contribution in [3.63, 3.8) is 0 Å². The zero-order valence-electron chi connectivity index (χ0n) is 16.9. The van der Waals surface area contributed by atoms with Gasteiger partial charge in [0.1, 0.15) is 17.5 Å². The summed E-state index contributed by atoms with van der Waals surface area (Å²) in [5, 5.41) is 2.18. The van der Waals surface area contributed by atoms with E-state index in [4.69, 9.17) is 0 Å². The second kappa shape index (κ2) is 9.72. The van der Waals surface area contributed by atoms with Crippen molar-refractivity contribution in [1.82, 2.24) is 4.90 Å². The highest BCUT2D eigenvalue weighted by Crippen LogP contribution is 2.33. The molecule has 2 aromatic rings. The van der Waals surface area contributed by atoms with Crippen molar-refractivity contribution >= 4 is 17.3 Å². The number of anilines is 1. The van der Waals surface area contributed by atoms with Crippen molar-refractivity contribution in [2.24, 2.45) is 0 Å². The predicted molar refractivity (Wildman–Crippen MR) is 107 cm³/mol. The Balaban J connectivity index is 2.48. The molecule has 2 aromatic carbocycles. The van der Waals surface area contributed by atoms with Crippen LogP contribution in [-0.2, 0) is 0 Å². The zero-order chi connectivity index (χ0) is 23.3. The van der Waals surface area contributed by atoms with Crippen LogP contribution in [0.5, 0.6) is 0 Å². The van der Waals surface area contributed by atoms with Crippen LogP contribution >= 0.6 is 0 Å². The molecule has 0 aliphatic rings. The van der Waals surface area contributed by atoms with Crippen LogP contribution in [0.3, 0.4) is 0 Å². The number of hydrogen-bond acceptors (Lipinski definition) is 2. The average molecular weight is 442 g/mol. The van der Waals surface area contributed by atoms with Crippen LogP contribution in [0.25, 0.3) is 5.70 Å². The lowest BCUT2D eigenvalue weighted by Crippen LogP contribution is -2.18. The predicted octanol–water partition coefficient (Wildman–Crippen LogP) is 6.16. The maximum atomic E-state index is 14.8. The third-order valence-corrected chi connectivity index (χ3v) is 4.20. The summed E-state index contributed by atoms with van der Waals surface area (Å²) in [6.07, 6.45) is -3.08. The second-order valence-corrected chi connectivity index (χ2v) is 6.74. The lowest BCUT2D eigenvalue weighted by Gasteiger charge is -2.21. The molecular formula is C22H20F6N2O. The van der Waals surface area contributed by atoms with Crippen LogP contribution in [0.15, 0.2) is 54.1 Å². The number of hydrogen-bond donors (Lipinski definition) is 1. The van der Waals surface area contributed by atoms with Gasteiger partial charge in [-0.15, -0.1) is 0 Å². The Labute approximate surface area is 175 Å². The molecule has 3 nitrogen and oxygen atoms in total. The van der Waals surface area contributed by atoms with E-state index < -0.39 is 40.7 Å². The van der Waals surface area contributed by atoms with Gasteiger partial charge in [-0.3, -0.25) is 4.79 Å². The SMILES string of the molecule is CC/C=C(/C=C(/c1c(F)cc(NC(=O)c2ccccc2F)cc1F)N(C)C)C(F)(F)F. The van der Waals surface area contributed by atoms with Gasteiger partial charge in [-0.25, -0.2) is 13.2 Å². The van der Waals surface area contributed by atoms with Crippen molar-refractivity contribution < 1.29 is 31.1 Å². The molecule has 0 aromatic heterocycles. The summed E-state index contributed by atoms with van der Waals surface area (Å²) in [7, 11) is 2.69. The number of allylic oxidation sites excluding steroid dienone is 3. The third-order valence-electron chi connectivity index (χ3n) is 4.20. The number of nitrogens with zero attached hydrogens (tertiary/aromatic N) is 1. The number of nitrogens with one attached hydrogen (secondary N) is 1. The lowest BCUT2D eigenvalue weighted by atomic mass is 10.0. The summed E-state index contributed by atoms with van der Waals surface area (Å²) in [4.78, 5) is 13.3. The molecule has 2 rings (SSSR count). The first-order valence-electron chi connectivity index (χ1n) is 9.17. The van der Waals surface area contributed by atoms with Crippen LogP contribution in [0.4, 0.5) is 32.0 Å². The van der Waals surface area contributed by atoms with Crippen molar-refractivity contribution in [2.45, 2.75) is 19.5 Å². The van der Waals surface area contributed by atoms with Crippen LogP contribution in [0, 0.1) is 17.5 Å². The van der Waals surface area contributed by atoms with Crippen LogP contribution < -0.4 is 5.32 Å². The molecule has 0 bridgehead atoms. The molecular weight excluding hydrogens is 422 g/mol. The molecule has 1 N–H and O–H groups in total. The maximum absolute atomic E-state index is 14.8. The van der Waals surface area contributed by atoms with Crippen LogP contribution in [0.1, 0.15) is 29.3 Å². The summed E-state index contributed by atoms with van der Waals surface area (Å²) < 4.78 is 83.0. The summed E-state index contributed by atoms with van der Waals surface area (Å²) in [5.41, 5.74) is -2.74. The van der Waals surface area contributed by atoms with Gasteiger partial charge in [0.25, 0.3) is 5.91 Å². The Hall–Kier alpha value is -3.23. The minimum absolute atomic E-state index is 0.0675. The fourth-order valence-corrected chi connectivity index (χ4v) is 2.78. The smallest absolute Gasteiger partial charge is 0.377 e. The van der Waals surface area contributed by atoms with Gasteiger partial charge in [-0.05, 0) is 36.8 Å². The highest BCUT2D eigenvalue weighted by molar-refractivity contribution is 6.04. The molecule has 0 radical (unpaired) electrons. The van der Waals surface area contributed by atoms with E-state index >= 15 is 0 Å². The lowest BCUT2D eigenvalue weighted by molar-refractivity contribution is -0.0884. The maximum Gasteiger partial charge on any atom is 0.416 e. The molecule has 1 amide bonds. The fraction of sp³-hybridized carbons (Fsp3) is 0.227. The molecule has 0 aliphatic heterocycles. The van der Waals surface area contributed by atoms with Gasteiger partial charge in [0.05, 0.1) is 16.7 Å². The summed E-state index contributed by atoms with van der Waals surface area (Å²) in [5.74, 6) is -4.14. The molecule has 0 spiro atoms. The first kappa shape index (κ1) is 24.0. The molecule has 0 fully saturated rings. The van der Waals surface area contributed by atoms with E-state index in [0.717, 1.165) is 29.2 Å². The number of benzene rings is 2. The molecule has 0 unspecified atom stereocenters. The highest BCUT2D eigenvalue weighted by atomic mass is 19.4. The van der Waals surface area contributed by atoms with Gasteiger partial charge in [0.2, 0.25) is 0 Å². The molecule has 0 heterocycles. The Morgan fingerprint density at radius 1 is 1.03 bits per heavy atom. The van der Waals surface area contributed by atoms with Gasteiger partial charge in [-0.2, -0.15) is 13.2 Å². The minimum Gasteiger partial charge on any atom is -0.377 e.